The number of hydrogen-bond acceptors (Lipinski definition) is 14. The van der Waals surface area contributed by atoms with Crippen molar-refractivity contribution in [3.05, 3.63) is 58.1 Å². The smallest absolute Gasteiger partial charge is 0.229 e. The molecule has 1 aliphatic carbocycles. The molecule has 14 heteroatoms. The molecule has 0 amide bonds. The lowest BCUT2D eigenvalue weighted by Crippen LogP contribution is -2.61. The van der Waals surface area contributed by atoms with Crippen molar-refractivity contribution in [1.29, 1.82) is 0 Å². The topological polar surface area (TPSA) is 211 Å². The maximum Gasteiger partial charge on any atom is 0.229 e. The average Bonchev–Trinajstić information content (AvgIpc) is 2.99. The first-order chi connectivity index (χ1) is 20.1. The zero-order chi connectivity index (χ0) is 30.3. The van der Waals surface area contributed by atoms with Gasteiger partial charge in [0, 0.05) is 23.8 Å². The number of carbonyl (C=O) groups excluding carboxylic acids is 2. The van der Waals surface area contributed by atoms with Gasteiger partial charge in [0.2, 0.25) is 6.29 Å². The molecule has 228 valence electrons. The fourth-order valence-corrected chi connectivity index (χ4v) is 5.24. The van der Waals surface area contributed by atoms with Crippen LogP contribution in [0.2, 0.25) is 0 Å². The summed E-state index contributed by atoms with van der Waals surface area (Å²) in [5, 5.41) is 61.4. The maximum absolute atomic E-state index is 13.4. The van der Waals surface area contributed by atoms with Gasteiger partial charge in [0.1, 0.15) is 54.2 Å². The summed E-state index contributed by atoms with van der Waals surface area (Å²) in [5.41, 5.74) is 0.628. The largest absolute Gasteiger partial charge is 0.495 e. The zero-order valence-electron chi connectivity index (χ0n) is 22.7. The van der Waals surface area contributed by atoms with Crippen LogP contribution in [0.25, 0.3) is 0 Å². The quantitative estimate of drug-likeness (QED) is 0.172. The lowest BCUT2D eigenvalue weighted by molar-refractivity contribution is -0.307. The van der Waals surface area contributed by atoms with E-state index >= 15 is 0 Å². The van der Waals surface area contributed by atoms with Gasteiger partial charge >= 0.3 is 0 Å². The Hall–Kier alpha value is -3.02. The van der Waals surface area contributed by atoms with E-state index in [0.717, 1.165) is 0 Å². The van der Waals surface area contributed by atoms with Crippen molar-refractivity contribution in [2.45, 2.75) is 61.9 Å². The Morgan fingerprint density at radius 2 is 1.50 bits per heavy atom. The third-order valence-electron chi connectivity index (χ3n) is 7.51. The molecular weight excluding hydrogens is 560 g/mol. The summed E-state index contributed by atoms with van der Waals surface area (Å²) in [6.07, 6.45) is -14.0. The number of fused-ring (bicyclic) bond motifs is 2. The highest BCUT2D eigenvalue weighted by molar-refractivity contribution is 6.29. The van der Waals surface area contributed by atoms with Gasteiger partial charge in [0.15, 0.2) is 17.9 Å². The molecule has 2 aromatic carbocycles. The fourth-order valence-electron chi connectivity index (χ4n) is 5.24. The van der Waals surface area contributed by atoms with Crippen LogP contribution in [-0.2, 0) is 25.6 Å². The minimum Gasteiger partial charge on any atom is -0.495 e. The molecule has 3 aliphatic rings. The zero-order valence-corrected chi connectivity index (χ0v) is 22.7. The second-order valence-corrected chi connectivity index (χ2v) is 10.2. The molecule has 9 atom stereocenters. The molecule has 0 bridgehead atoms. The predicted octanol–water partition coefficient (Wildman–Crippen LogP) is -1.74. The van der Waals surface area contributed by atoms with Crippen LogP contribution in [-0.4, -0.2) is 125 Å². The first-order valence-electron chi connectivity index (χ1n) is 13.1. The summed E-state index contributed by atoms with van der Waals surface area (Å²) in [7, 11) is 2.70. The van der Waals surface area contributed by atoms with Crippen LogP contribution >= 0.6 is 0 Å². The van der Waals surface area contributed by atoms with Crippen molar-refractivity contribution in [3.63, 3.8) is 0 Å². The highest BCUT2D eigenvalue weighted by Crippen LogP contribution is 2.42. The third kappa shape index (κ3) is 5.31. The summed E-state index contributed by atoms with van der Waals surface area (Å²) in [6.45, 7) is -0.948. The average molecular weight is 593 g/mol. The third-order valence-corrected chi connectivity index (χ3v) is 7.51. The summed E-state index contributed by atoms with van der Waals surface area (Å²) < 4.78 is 33.1. The van der Waals surface area contributed by atoms with E-state index in [1.54, 1.807) is 18.2 Å². The molecule has 6 N–H and O–H groups in total. The van der Waals surface area contributed by atoms with Crippen LogP contribution < -0.4 is 9.47 Å². The van der Waals surface area contributed by atoms with Crippen molar-refractivity contribution < 1.29 is 68.6 Å². The molecule has 2 aromatic rings. The van der Waals surface area contributed by atoms with Crippen molar-refractivity contribution in [3.8, 4) is 11.5 Å². The number of methoxy groups -OCH3 is 2. The number of rotatable bonds is 8. The van der Waals surface area contributed by atoms with E-state index in [1.165, 1.54) is 26.4 Å². The molecule has 2 heterocycles. The van der Waals surface area contributed by atoms with Gasteiger partial charge in [-0.05, 0) is 6.07 Å². The lowest BCUT2D eigenvalue weighted by atomic mass is 9.82. The van der Waals surface area contributed by atoms with E-state index < -0.39 is 73.5 Å². The fraction of sp³-hybridized carbons (Fsp3) is 0.500. The van der Waals surface area contributed by atoms with Crippen molar-refractivity contribution in [2.75, 3.05) is 27.4 Å². The molecule has 0 aromatic heterocycles. The highest BCUT2D eigenvalue weighted by Gasteiger charge is 2.47. The summed E-state index contributed by atoms with van der Waals surface area (Å²) in [5.74, 6) is -0.927. The van der Waals surface area contributed by atoms with E-state index in [0.29, 0.717) is 0 Å². The lowest BCUT2D eigenvalue weighted by Gasteiger charge is -2.41. The Morgan fingerprint density at radius 3 is 2.17 bits per heavy atom. The summed E-state index contributed by atoms with van der Waals surface area (Å²) in [6, 6.07) is 7.64. The van der Waals surface area contributed by atoms with Gasteiger partial charge in [0.05, 0.1) is 38.1 Å². The van der Waals surface area contributed by atoms with E-state index in [1.807, 2.05) is 0 Å². The summed E-state index contributed by atoms with van der Waals surface area (Å²) in [4.78, 5) is 26.8. The summed E-state index contributed by atoms with van der Waals surface area (Å²) >= 11 is 0. The predicted molar refractivity (Wildman–Crippen MR) is 138 cm³/mol. The van der Waals surface area contributed by atoms with Crippen molar-refractivity contribution in [2.24, 2.45) is 0 Å². The molecule has 14 nitrogen and oxygen atoms in total. The normalized spacial score (nSPS) is 32.7. The van der Waals surface area contributed by atoms with Crippen LogP contribution in [0.1, 0.15) is 37.4 Å². The molecule has 2 aliphatic heterocycles. The monoisotopic (exact) mass is 592 g/mol. The number of ether oxygens (including phenoxy) is 6. The van der Waals surface area contributed by atoms with E-state index in [9.17, 15) is 40.2 Å². The first-order valence-corrected chi connectivity index (χ1v) is 13.1. The van der Waals surface area contributed by atoms with Crippen LogP contribution in [0.15, 0.2) is 30.3 Å². The second kappa shape index (κ2) is 12.3. The molecular formula is C28H32O14. The number of carbonyl (C=O) groups is 2. The highest BCUT2D eigenvalue weighted by atomic mass is 16.7. The van der Waals surface area contributed by atoms with Gasteiger partial charge in [-0.3, -0.25) is 9.59 Å². The Kier molecular flexibility index (Phi) is 8.91. The Bertz CT molecular complexity index is 1330. The molecule has 5 rings (SSSR count). The second-order valence-electron chi connectivity index (χ2n) is 10.2. The van der Waals surface area contributed by atoms with Crippen LogP contribution in [0.5, 0.6) is 11.5 Å². The van der Waals surface area contributed by atoms with E-state index in [-0.39, 0.29) is 52.5 Å². The van der Waals surface area contributed by atoms with E-state index in [2.05, 4.69) is 0 Å². The van der Waals surface area contributed by atoms with Gasteiger partial charge in [0.25, 0.3) is 0 Å². The Labute approximate surface area is 239 Å². The standard InChI is InChI=1S/C28H32O14/c1-37-8-14-16(7-13-18(26(14)38-2)20(31)12-6-4-3-5-11(12)19(13)30)41-28-25(36)23(34)22(33)17(42-28)10-40-27-24(35)21(32)15(29)9-39-27/h3-7,15,17,21-25,27-29,32-36H,8-10H2,1-2H3/t15-,17-,21-,22-,23+,24-,25-,27-,28-/m1/s1. The van der Waals surface area contributed by atoms with Crippen LogP contribution in [0, 0.1) is 0 Å². The SMILES string of the molecule is COCc1c(O[C@@H]2O[C@H](CO[C@H]3OC[C@@H](O)[C@@H](O)[C@H]3O)[C@@H](O)[C@H](O)[C@H]2O)cc2c(c1OC)C(=O)c1ccccc1C2=O. The molecule has 0 saturated carbocycles. The number of aliphatic hydroxyl groups excluding tert-OH is 6. The number of benzene rings is 2. The van der Waals surface area contributed by atoms with Crippen molar-refractivity contribution in [1.82, 2.24) is 0 Å². The van der Waals surface area contributed by atoms with Gasteiger partial charge in [-0.15, -0.1) is 0 Å². The van der Waals surface area contributed by atoms with Gasteiger partial charge in [-0.2, -0.15) is 0 Å². The molecule has 0 spiro atoms. The van der Waals surface area contributed by atoms with Crippen LogP contribution in [0.3, 0.4) is 0 Å². The maximum atomic E-state index is 13.4. The van der Waals surface area contributed by atoms with Gasteiger partial charge in [-0.1, -0.05) is 24.3 Å². The van der Waals surface area contributed by atoms with Gasteiger partial charge in [-0.25, -0.2) is 0 Å². The minimum absolute atomic E-state index is 0.0136. The number of ketones is 2. The first kappa shape index (κ1) is 30.4. The number of aliphatic hydroxyl groups is 6. The molecule has 0 radical (unpaired) electrons. The molecule has 2 fully saturated rings. The van der Waals surface area contributed by atoms with Gasteiger partial charge < -0.3 is 59.1 Å². The van der Waals surface area contributed by atoms with E-state index in [4.69, 9.17) is 28.4 Å². The van der Waals surface area contributed by atoms with Crippen LogP contribution in [0.4, 0.5) is 0 Å². The number of hydrogen-bond donors (Lipinski definition) is 6. The molecule has 0 unspecified atom stereocenters. The Morgan fingerprint density at radius 1 is 0.833 bits per heavy atom. The molecule has 2 saturated heterocycles. The van der Waals surface area contributed by atoms with Crippen molar-refractivity contribution >= 4 is 11.6 Å². The molecule has 42 heavy (non-hydrogen) atoms. The minimum atomic E-state index is -1.78. The Balaban J connectivity index is 1.43.